The number of para-hydroxylation sites is 1. The van der Waals surface area contributed by atoms with Crippen molar-refractivity contribution in [1.29, 1.82) is 5.26 Å². The van der Waals surface area contributed by atoms with Crippen LogP contribution < -0.4 is 9.64 Å². The Hall–Kier alpha value is -3.06. The van der Waals surface area contributed by atoms with Crippen molar-refractivity contribution in [2.24, 2.45) is 0 Å². The highest BCUT2D eigenvalue weighted by atomic mass is 16.5. The number of nitrogens with zero attached hydrogens (tertiary/aromatic N) is 2. The van der Waals surface area contributed by atoms with Gasteiger partial charge in [0.15, 0.2) is 0 Å². The van der Waals surface area contributed by atoms with E-state index in [1.807, 2.05) is 48.5 Å². The molecule has 2 aromatic carbocycles. The van der Waals surface area contributed by atoms with Crippen LogP contribution in [0.2, 0.25) is 0 Å². The molecule has 0 atom stereocenters. The van der Waals surface area contributed by atoms with Crippen LogP contribution in [0.15, 0.2) is 54.1 Å². The molecule has 138 valence electrons. The van der Waals surface area contributed by atoms with Crippen LogP contribution in [0.25, 0.3) is 6.08 Å². The minimum atomic E-state index is -0.243. The number of rotatable bonds is 6. The molecule has 4 heteroatoms. The van der Waals surface area contributed by atoms with Crippen molar-refractivity contribution >= 4 is 17.7 Å². The van der Waals surface area contributed by atoms with Crippen molar-refractivity contribution in [3.63, 3.8) is 0 Å². The molecule has 1 amide bonds. The fourth-order valence-corrected chi connectivity index (χ4v) is 3.19. The van der Waals surface area contributed by atoms with E-state index in [0.29, 0.717) is 13.2 Å². The van der Waals surface area contributed by atoms with Crippen molar-refractivity contribution in [1.82, 2.24) is 0 Å². The summed E-state index contributed by atoms with van der Waals surface area (Å²) in [6.45, 7) is 3.46. The van der Waals surface area contributed by atoms with Gasteiger partial charge in [-0.3, -0.25) is 4.79 Å². The molecule has 0 saturated carbocycles. The van der Waals surface area contributed by atoms with Gasteiger partial charge in [0.25, 0.3) is 5.91 Å². The third-order valence-electron chi connectivity index (χ3n) is 4.66. The van der Waals surface area contributed by atoms with Gasteiger partial charge in [0.1, 0.15) is 17.4 Å². The van der Waals surface area contributed by atoms with E-state index in [1.165, 1.54) is 0 Å². The number of unbranched alkanes of at least 4 members (excludes halogenated alkanes) is 1. The normalized spacial score (nSPS) is 13.6. The van der Waals surface area contributed by atoms with Gasteiger partial charge >= 0.3 is 0 Å². The third kappa shape index (κ3) is 4.57. The minimum absolute atomic E-state index is 0.145. The molecular weight excluding hydrogens is 336 g/mol. The van der Waals surface area contributed by atoms with Crippen LogP contribution in [0.1, 0.15) is 37.3 Å². The van der Waals surface area contributed by atoms with Gasteiger partial charge in [-0.05, 0) is 54.7 Å². The summed E-state index contributed by atoms with van der Waals surface area (Å²) in [6.07, 6.45) is 5.63. The van der Waals surface area contributed by atoms with Crippen LogP contribution in [0.3, 0.4) is 0 Å². The number of ether oxygens (including phenoxy) is 1. The van der Waals surface area contributed by atoms with Crippen molar-refractivity contribution in [2.75, 3.05) is 18.1 Å². The minimum Gasteiger partial charge on any atom is -0.494 e. The summed E-state index contributed by atoms with van der Waals surface area (Å²) in [5.74, 6) is 0.559. The number of nitriles is 1. The van der Waals surface area contributed by atoms with Crippen LogP contribution in [-0.2, 0) is 11.2 Å². The Bertz CT molecular complexity index is 863. The summed E-state index contributed by atoms with van der Waals surface area (Å²) in [5, 5.41) is 9.54. The van der Waals surface area contributed by atoms with Crippen LogP contribution in [-0.4, -0.2) is 19.1 Å². The predicted octanol–water partition coefficient (Wildman–Crippen LogP) is 4.75. The molecule has 1 heterocycles. The Morgan fingerprint density at radius 1 is 1.22 bits per heavy atom. The van der Waals surface area contributed by atoms with Crippen molar-refractivity contribution < 1.29 is 9.53 Å². The van der Waals surface area contributed by atoms with Crippen LogP contribution in [0.5, 0.6) is 5.75 Å². The molecule has 1 aliphatic rings. The van der Waals surface area contributed by atoms with E-state index in [2.05, 4.69) is 13.0 Å². The summed E-state index contributed by atoms with van der Waals surface area (Å²) in [4.78, 5) is 14.7. The molecule has 27 heavy (non-hydrogen) atoms. The molecular formula is C23H24N2O2. The zero-order valence-electron chi connectivity index (χ0n) is 15.6. The predicted molar refractivity (Wildman–Crippen MR) is 108 cm³/mol. The fourth-order valence-electron chi connectivity index (χ4n) is 3.19. The molecule has 0 aromatic heterocycles. The van der Waals surface area contributed by atoms with E-state index < -0.39 is 0 Å². The van der Waals surface area contributed by atoms with E-state index >= 15 is 0 Å². The average molecular weight is 360 g/mol. The van der Waals surface area contributed by atoms with Gasteiger partial charge in [0.05, 0.1) is 6.61 Å². The first-order valence-electron chi connectivity index (χ1n) is 9.47. The topological polar surface area (TPSA) is 53.3 Å². The molecule has 0 radical (unpaired) electrons. The smallest absolute Gasteiger partial charge is 0.268 e. The maximum atomic E-state index is 12.9. The number of fused-ring (bicyclic) bond motifs is 1. The van der Waals surface area contributed by atoms with Crippen LogP contribution in [0, 0.1) is 11.3 Å². The second kappa shape index (κ2) is 9.05. The highest BCUT2D eigenvalue weighted by Crippen LogP contribution is 2.28. The van der Waals surface area contributed by atoms with Crippen molar-refractivity contribution in [2.45, 2.75) is 32.6 Å². The van der Waals surface area contributed by atoms with Gasteiger partial charge in [0, 0.05) is 12.2 Å². The molecule has 0 fully saturated rings. The highest BCUT2D eigenvalue weighted by molar-refractivity contribution is 6.11. The number of carbonyl (C=O) groups is 1. The molecule has 0 aliphatic carbocycles. The molecule has 0 saturated heterocycles. The van der Waals surface area contributed by atoms with Gasteiger partial charge < -0.3 is 9.64 Å². The molecule has 0 N–H and O–H groups in total. The van der Waals surface area contributed by atoms with Gasteiger partial charge in [-0.2, -0.15) is 5.26 Å². The van der Waals surface area contributed by atoms with Gasteiger partial charge in [-0.1, -0.05) is 43.7 Å². The van der Waals surface area contributed by atoms with E-state index in [1.54, 1.807) is 11.0 Å². The second-order valence-corrected chi connectivity index (χ2v) is 6.63. The van der Waals surface area contributed by atoms with E-state index in [4.69, 9.17) is 4.74 Å². The first-order valence-corrected chi connectivity index (χ1v) is 9.47. The zero-order chi connectivity index (χ0) is 19.1. The van der Waals surface area contributed by atoms with Crippen LogP contribution >= 0.6 is 0 Å². The number of carbonyl (C=O) groups excluding carboxylic acids is 1. The Labute approximate surface area is 160 Å². The third-order valence-corrected chi connectivity index (χ3v) is 4.66. The lowest BCUT2D eigenvalue weighted by molar-refractivity contribution is -0.114. The molecule has 4 nitrogen and oxygen atoms in total. The monoisotopic (exact) mass is 360 g/mol. The Balaban J connectivity index is 1.77. The van der Waals surface area contributed by atoms with Gasteiger partial charge in [-0.15, -0.1) is 0 Å². The van der Waals surface area contributed by atoms with E-state index in [0.717, 1.165) is 48.2 Å². The number of anilines is 1. The average Bonchev–Trinajstić information content (AvgIpc) is 2.72. The Morgan fingerprint density at radius 3 is 2.74 bits per heavy atom. The zero-order valence-corrected chi connectivity index (χ0v) is 15.6. The van der Waals surface area contributed by atoms with Crippen molar-refractivity contribution in [3.05, 3.63) is 65.2 Å². The number of hydrogen-bond donors (Lipinski definition) is 0. The fraction of sp³-hybridized carbons (Fsp3) is 0.304. The molecule has 2 aromatic rings. The Morgan fingerprint density at radius 2 is 2.00 bits per heavy atom. The number of hydrogen-bond acceptors (Lipinski definition) is 3. The summed E-state index contributed by atoms with van der Waals surface area (Å²) in [6, 6.07) is 17.5. The molecule has 0 unspecified atom stereocenters. The van der Waals surface area contributed by atoms with Gasteiger partial charge in [0.2, 0.25) is 0 Å². The largest absolute Gasteiger partial charge is 0.494 e. The SMILES string of the molecule is CCCCOc1ccc(/C=C(\C#N)C(=O)N2CCCc3ccccc32)cc1. The lowest BCUT2D eigenvalue weighted by atomic mass is 10.0. The summed E-state index contributed by atoms with van der Waals surface area (Å²) >= 11 is 0. The molecule has 0 spiro atoms. The first-order chi connectivity index (χ1) is 13.2. The standard InChI is InChI=1S/C23H24N2O2/c1-2-3-15-27-21-12-10-18(11-13-21)16-20(17-24)23(26)25-14-6-8-19-7-4-5-9-22(19)25/h4-5,7,9-13,16H,2-3,6,8,14-15H2,1H3/b20-16+. The number of amides is 1. The summed E-state index contributed by atoms with van der Waals surface area (Å²) < 4.78 is 5.65. The maximum Gasteiger partial charge on any atom is 0.268 e. The summed E-state index contributed by atoms with van der Waals surface area (Å²) in [7, 11) is 0. The molecule has 1 aliphatic heterocycles. The van der Waals surface area contributed by atoms with E-state index in [9.17, 15) is 10.1 Å². The van der Waals surface area contributed by atoms with Gasteiger partial charge in [-0.25, -0.2) is 0 Å². The van der Waals surface area contributed by atoms with Crippen LogP contribution in [0.4, 0.5) is 5.69 Å². The lowest BCUT2D eigenvalue weighted by Gasteiger charge is -2.29. The van der Waals surface area contributed by atoms with E-state index in [-0.39, 0.29) is 11.5 Å². The van der Waals surface area contributed by atoms with Crippen molar-refractivity contribution in [3.8, 4) is 11.8 Å². The summed E-state index contributed by atoms with van der Waals surface area (Å²) in [5.41, 5.74) is 3.02. The second-order valence-electron chi connectivity index (χ2n) is 6.63. The molecule has 3 rings (SSSR count). The lowest BCUT2D eigenvalue weighted by Crippen LogP contribution is -2.36. The Kier molecular flexibility index (Phi) is 6.27. The highest BCUT2D eigenvalue weighted by Gasteiger charge is 2.24. The maximum absolute atomic E-state index is 12.9. The first kappa shape index (κ1) is 18.7. The number of aryl methyl sites for hydroxylation is 1. The quantitative estimate of drug-likeness (QED) is 0.424. The molecule has 0 bridgehead atoms. The number of benzene rings is 2.